The zero-order valence-electron chi connectivity index (χ0n) is 19.4. The number of halogens is 3. The molecule has 0 aliphatic heterocycles. The number of unbranched alkanes of at least 4 members (excludes halogenated alkanes) is 6. The molecule has 0 radical (unpaired) electrons. The third kappa shape index (κ3) is 9.53. The highest BCUT2D eigenvalue weighted by molar-refractivity contribution is 7.86. The third-order valence-electron chi connectivity index (χ3n) is 5.55. The summed E-state index contributed by atoms with van der Waals surface area (Å²) in [7, 11) is -4.33. The molecule has 0 N–H and O–H groups in total. The molecule has 0 heterocycles. The van der Waals surface area contributed by atoms with Gasteiger partial charge in [-0.3, -0.25) is 24.4 Å². The van der Waals surface area contributed by atoms with Crippen LogP contribution in [-0.2, 0) is 27.3 Å². The summed E-state index contributed by atoms with van der Waals surface area (Å²) in [5.74, 6) is 0. The Kier molecular flexibility index (Phi) is 10.8. The zero-order chi connectivity index (χ0) is 26.8. The molecule has 13 heteroatoms. The van der Waals surface area contributed by atoms with Gasteiger partial charge in [0.2, 0.25) is 0 Å². The fourth-order valence-electron chi connectivity index (χ4n) is 3.66. The first kappa shape index (κ1) is 29.2. The molecule has 0 aliphatic rings. The number of non-ortho nitro benzene ring substituents is 1. The van der Waals surface area contributed by atoms with E-state index < -0.39 is 39.2 Å². The quantitative estimate of drug-likeness (QED) is 0.109. The fourth-order valence-corrected chi connectivity index (χ4v) is 4.54. The second kappa shape index (κ2) is 13.3. The summed E-state index contributed by atoms with van der Waals surface area (Å²) >= 11 is 0. The average Bonchev–Trinajstić information content (AvgIpc) is 2.81. The van der Waals surface area contributed by atoms with Crippen LogP contribution in [0.5, 0.6) is 0 Å². The lowest BCUT2D eigenvalue weighted by Crippen LogP contribution is -2.09. The van der Waals surface area contributed by atoms with Crippen molar-refractivity contribution in [3.8, 4) is 0 Å². The van der Waals surface area contributed by atoms with Crippen LogP contribution in [0.2, 0.25) is 0 Å². The second-order valence-corrected chi connectivity index (χ2v) is 9.84. The van der Waals surface area contributed by atoms with Gasteiger partial charge in [0.15, 0.2) is 0 Å². The fraction of sp³-hybridized carbons (Fsp3) is 0.478. The largest absolute Gasteiger partial charge is 0.389 e. The zero-order valence-corrected chi connectivity index (χ0v) is 20.2. The molecular weight excluding hydrogens is 505 g/mol. The summed E-state index contributed by atoms with van der Waals surface area (Å²) in [5, 5.41) is 22.3. The molecule has 0 atom stereocenters. The van der Waals surface area contributed by atoms with Gasteiger partial charge in [0, 0.05) is 24.6 Å². The number of rotatable bonds is 15. The molecule has 2 rings (SSSR count). The second-order valence-electron chi connectivity index (χ2n) is 8.23. The third-order valence-corrected chi connectivity index (χ3v) is 6.82. The average molecular weight is 533 g/mol. The highest BCUT2D eigenvalue weighted by atomic mass is 32.2. The van der Waals surface area contributed by atoms with Gasteiger partial charge >= 0.3 is 6.18 Å². The predicted octanol–water partition coefficient (Wildman–Crippen LogP) is 6.63. The first-order valence-electron chi connectivity index (χ1n) is 11.4. The van der Waals surface area contributed by atoms with E-state index >= 15 is 0 Å². The van der Waals surface area contributed by atoms with Gasteiger partial charge in [-0.1, -0.05) is 44.2 Å². The number of hydrogen-bond donors (Lipinski definition) is 0. The highest BCUT2D eigenvalue weighted by Crippen LogP contribution is 2.27. The van der Waals surface area contributed by atoms with Crippen LogP contribution in [0.25, 0.3) is 0 Å². The molecule has 36 heavy (non-hydrogen) atoms. The van der Waals surface area contributed by atoms with E-state index in [-0.39, 0.29) is 28.3 Å². The number of aryl methyl sites for hydroxylation is 1. The summed E-state index contributed by atoms with van der Waals surface area (Å²) in [6.45, 7) is -0.578. The molecule has 2 aromatic carbocycles. The number of nitro groups is 2. The minimum atomic E-state index is -4.33. The number of benzene rings is 2. The molecule has 0 amide bonds. The van der Waals surface area contributed by atoms with Gasteiger partial charge in [0.1, 0.15) is 0 Å². The normalized spacial score (nSPS) is 12.0. The Morgan fingerprint density at radius 3 is 1.94 bits per heavy atom. The van der Waals surface area contributed by atoms with Gasteiger partial charge in [0.25, 0.3) is 21.5 Å². The van der Waals surface area contributed by atoms with Crippen molar-refractivity contribution in [2.75, 3.05) is 0 Å². The van der Waals surface area contributed by atoms with E-state index in [2.05, 4.69) is 0 Å². The summed E-state index contributed by atoms with van der Waals surface area (Å²) in [5.41, 5.74) is 0.112. The molecule has 0 spiro atoms. The van der Waals surface area contributed by atoms with Crippen molar-refractivity contribution >= 4 is 21.5 Å². The van der Waals surface area contributed by atoms with Crippen molar-refractivity contribution < 1.29 is 35.6 Å². The molecular formula is C23H27F3N2O7S. The van der Waals surface area contributed by atoms with E-state index in [1.54, 1.807) is 6.07 Å². The SMILES string of the molecule is O=[N+]([O-])c1ccc(S(=O)(=O)OCc2c(CCCCCCCCCC(F)(F)F)cccc2[N+](=O)[O-])cc1. The lowest BCUT2D eigenvalue weighted by molar-refractivity contribution is -0.385. The topological polar surface area (TPSA) is 130 Å². The van der Waals surface area contributed by atoms with Gasteiger partial charge in [-0.05, 0) is 37.0 Å². The van der Waals surface area contributed by atoms with Gasteiger partial charge < -0.3 is 0 Å². The number of alkyl halides is 3. The van der Waals surface area contributed by atoms with Crippen molar-refractivity contribution in [2.24, 2.45) is 0 Å². The smallest absolute Gasteiger partial charge is 0.261 e. The van der Waals surface area contributed by atoms with Crippen LogP contribution in [0.1, 0.15) is 62.5 Å². The molecule has 198 valence electrons. The number of hydrogen-bond acceptors (Lipinski definition) is 7. The maximum absolute atomic E-state index is 12.5. The van der Waals surface area contributed by atoms with Crippen LogP contribution in [0.3, 0.4) is 0 Å². The van der Waals surface area contributed by atoms with Gasteiger partial charge in [-0.2, -0.15) is 21.6 Å². The van der Waals surface area contributed by atoms with Crippen LogP contribution in [-0.4, -0.2) is 24.4 Å². The molecule has 0 saturated heterocycles. The maximum Gasteiger partial charge on any atom is 0.389 e. The van der Waals surface area contributed by atoms with E-state index in [1.165, 1.54) is 12.1 Å². The molecule has 0 saturated carbocycles. The summed E-state index contributed by atoms with van der Waals surface area (Å²) in [6.07, 6.45) is -0.116. The van der Waals surface area contributed by atoms with Crippen molar-refractivity contribution in [3.63, 3.8) is 0 Å². The minimum absolute atomic E-state index is 0.114. The number of nitro benzene ring substituents is 2. The molecule has 0 bridgehead atoms. The highest BCUT2D eigenvalue weighted by Gasteiger charge is 2.26. The van der Waals surface area contributed by atoms with Crippen LogP contribution in [0, 0.1) is 20.2 Å². The van der Waals surface area contributed by atoms with Crippen molar-refractivity contribution in [2.45, 2.75) is 75.5 Å². The Hall–Kier alpha value is -3.06. The molecule has 0 fully saturated rings. The lowest BCUT2D eigenvalue weighted by atomic mass is 9.99. The first-order valence-corrected chi connectivity index (χ1v) is 12.8. The summed E-state index contributed by atoms with van der Waals surface area (Å²) in [6, 6.07) is 8.49. The number of nitrogens with zero attached hydrogens (tertiary/aromatic N) is 2. The molecule has 9 nitrogen and oxygen atoms in total. The van der Waals surface area contributed by atoms with E-state index in [0.717, 1.165) is 43.5 Å². The Morgan fingerprint density at radius 1 is 0.806 bits per heavy atom. The Bertz CT molecular complexity index is 1140. The molecule has 0 aliphatic carbocycles. The van der Waals surface area contributed by atoms with Gasteiger partial charge in [-0.25, -0.2) is 0 Å². The predicted molar refractivity (Wildman–Crippen MR) is 125 cm³/mol. The Balaban J connectivity index is 1.94. The van der Waals surface area contributed by atoms with Gasteiger partial charge in [0.05, 0.1) is 26.9 Å². The monoisotopic (exact) mass is 532 g/mol. The van der Waals surface area contributed by atoms with E-state index in [1.807, 2.05) is 0 Å². The van der Waals surface area contributed by atoms with Gasteiger partial charge in [-0.15, -0.1) is 0 Å². The molecule has 0 aromatic heterocycles. The standard InChI is InChI=1S/C23H27F3N2O7S/c24-23(25,26)16-7-5-3-1-2-4-6-9-18-10-8-11-22(28(31)32)21(18)17-35-36(33,34)20-14-12-19(13-15-20)27(29)30/h8,10-15H,1-7,9,16-17H2. The van der Waals surface area contributed by atoms with Crippen LogP contribution >= 0.6 is 0 Å². The molecule has 0 unspecified atom stereocenters. The Morgan fingerprint density at radius 2 is 1.39 bits per heavy atom. The van der Waals surface area contributed by atoms with Crippen LogP contribution < -0.4 is 0 Å². The van der Waals surface area contributed by atoms with E-state index in [4.69, 9.17) is 4.18 Å². The summed E-state index contributed by atoms with van der Waals surface area (Å²) < 4.78 is 66.5. The van der Waals surface area contributed by atoms with Crippen LogP contribution in [0.15, 0.2) is 47.4 Å². The lowest BCUT2D eigenvalue weighted by Gasteiger charge is -2.11. The van der Waals surface area contributed by atoms with Crippen molar-refractivity contribution in [3.05, 3.63) is 73.8 Å². The van der Waals surface area contributed by atoms with Crippen LogP contribution in [0.4, 0.5) is 24.5 Å². The van der Waals surface area contributed by atoms with E-state index in [9.17, 15) is 41.8 Å². The van der Waals surface area contributed by atoms with Crippen molar-refractivity contribution in [1.29, 1.82) is 0 Å². The maximum atomic E-state index is 12.5. The van der Waals surface area contributed by atoms with E-state index in [0.29, 0.717) is 31.2 Å². The first-order chi connectivity index (χ1) is 16.9. The summed E-state index contributed by atoms with van der Waals surface area (Å²) in [4.78, 5) is 20.6. The minimum Gasteiger partial charge on any atom is -0.261 e. The van der Waals surface area contributed by atoms with Crippen molar-refractivity contribution in [1.82, 2.24) is 0 Å². The Labute approximate surface area is 206 Å². The molecule has 2 aromatic rings.